The predicted molar refractivity (Wildman–Crippen MR) is 86.1 cm³/mol. The van der Waals surface area contributed by atoms with Crippen molar-refractivity contribution in [2.45, 2.75) is 45.6 Å². The molecule has 3 N–H and O–H groups in total. The summed E-state index contributed by atoms with van der Waals surface area (Å²) in [6.45, 7) is 6.79. The minimum atomic E-state index is -0.428. The van der Waals surface area contributed by atoms with E-state index >= 15 is 0 Å². The van der Waals surface area contributed by atoms with Crippen molar-refractivity contribution in [3.63, 3.8) is 0 Å². The van der Waals surface area contributed by atoms with E-state index in [4.69, 9.17) is 10.5 Å². The molecule has 1 fully saturated rings. The summed E-state index contributed by atoms with van der Waals surface area (Å²) in [7, 11) is 4.17. The Bertz CT molecular complexity index is 311. The van der Waals surface area contributed by atoms with E-state index in [0.29, 0.717) is 38.3 Å². The summed E-state index contributed by atoms with van der Waals surface area (Å²) in [5.41, 5.74) is 5.46. The summed E-state index contributed by atoms with van der Waals surface area (Å²) in [6.07, 6.45) is 3.72. The molecule has 0 aromatic heterocycles. The summed E-state index contributed by atoms with van der Waals surface area (Å²) in [5.74, 6) is 0.704. The second kappa shape index (κ2) is 8.71. The molecule has 0 aromatic rings. The smallest absolute Gasteiger partial charge is 0.227 e. The zero-order valence-corrected chi connectivity index (χ0v) is 14.2. The number of carbonyl (C=O) groups excluding carboxylic acids is 1. The molecule has 0 saturated carbocycles. The summed E-state index contributed by atoms with van der Waals surface area (Å²) < 4.78 is 5.37. The summed E-state index contributed by atoms with van der Waals surface area (Å²) >= 11 is 0. The Morgan fingerprint density at radius 2 is 1.86 bits per heavy atom. The minimum absolute atomic E-state index is 0.103. The molecule has 1 aliphatic heterocycles. The number of nitrogens with zero attached hydrogens (tertiary/aromatic N) is 1. The van der Waals surface area contributed by atoms with Gasteiger partial charge in [0.1, 0.15) is 0 Å². The minimum Gasteiger partial charge on any atom is -0.381 e. The number of ether oxygens (including phenoxy) is 1. The van der Waals surface area contributed by atoms with E-state index in [1.807, 2.05) is 0 Å². The largest absolute Gasteiger partial charge is 0.381 e. The average Bonchev–Trinajstić information content (AvgIpc) is 2.51. The molecule has 1 amide bonds. The van der Waals surface area contributed by atoms with E-state index in [1.54, 1.807) is 0 Å². The number of rotatable bonds is 8. The van der Waals surface area contributed by atoms with Gasteiger partial charge in [0.15, 0.2) is 0 Å². The third-order valence-electron chi connectivity index (χ3n) is 5.05. The van der Waals surface area contributed by atoms with Gasteiger partial charge in [0, 0.05) is 32.3 Å². The maximum absolute atomic E-state index is 12.6. The molecule has 0 radical (unpaired) electrons. The molecule has 5 nitrogen and oxygen atoms in total. The van der Waals surface area contributed by atoms with E-state index < -0.39 is 5.41 Å². The van der Waals surface area contributed by atoms with Crippen molar-refractivity contribution in [1.29, 1.82) is 0 Å². The van der Waals surface area contributed by atoms with Crippen LogP contribution in [0.1, 0.15) is 39.5 Å². The van der Waals surface area contributed by atoms with Crippen LogP contribution in [0.15, 0.2) is 0 Å². The lowest BCUT2D eigenvalue weighted by Crippen LogP contribution is -2.52. The molecule has 1 rings (SSSR count). The molecule has 0 spiro atoms. The Hall–Kier alpha value is -0.650. The molecule has 0 bridgehead atoms. The van der Waals surface area contributed by atoms with Crippen molar-refractivity contribution in [3.05, 3.63) is 0 Å². The van der Waals surface area contributed by atoms with Crippen LogP contribution in [-0.4, -0.2) is 57.2 Å². The normalized spacial score (nSPS) is 19.8. The van der Waals surface area contributed by atoms with Gasteiger partial charge >= 0.3 is 0 Å². The lowest BCUT2D eigenvalue weighted by Gasteiger charge is -2.36. The van der Waals surface area contributed by atoms with Gasteiger partial charge < -0.3 is 20.7 Å². The Morgan fingerprint density at radius 3 is 2.29 bits per heavy atom. The number of amides is 1. The monoisotopic (exact) mass is 299 g/mol. The lowest BCUT2D eigenvalue weighted by atomic mass is 9.79. The Labute approximate surface area is 129 Å². The fraction of sp³-hybridized carbons (Fsp3) is 0.938. The highest BCUT2D eigenvalue weighted by atomic mass is 16.5. The maximum atomic E-state index is 12.6. The third kappa shape index (κ3) is 4.66. The van der Waals surface area contributed by atoms with Crippen LogP contribution in [-0.2, 0) is 9.53 Å². The standard InChI is InChI=1S/C16H33N3O2/c1-5-13(6-2)14(19(3)4)11-18-15(20)16(12-17)7-9-21-10-8-16/h13-14H,5-12,17H2,1-4H3,(H,18,20). The van der Waals surface area contributed by atoms with Crippen molar-refractivity contribution in [3.8, 4) is 0 Å². The lowest BCUT2D eigenvalue weighted by molar-refractivity contribution is -0.136. The second-order valence-electron chi connectivity index (χ2n) is 6.41. The van der Waals surface area contributed by atoms with Crippen molar-refractivity contribution in [2.24, 2.45) is 17.1 Å². The van der Waals surface area contributed by atoms with Crippen LogP contribution in [0.5, 0.6) is 0 Å². The van der Waals surface area contributed by atoms with Crippen LogP contribution in [0.4, 0.5) is 0 Å². The van der Waals surface area contributed by atoms with Crippen LogP contribution >= 0.6 is 0 Å². The molecule has 21 heavy (non-hydrogen) atoms. The van der Waals surface area contributed by atoms with Gasteiger partial charge in [-0.2, -0.15) is 0 Å². The van der Waals surface area contributed by atoms with Gasteiger partial charge in [0.2, 0.25) is 5.91 Å². The Balaban J connectivity index is 2.63. The second-order valence-corrected chi connectivity index (χ2v) is 6.41. The molecule has 1 saturated heterocycles. The third-order valence-corrected chi connectivity index (χ3v) is 5.05. The molecule has 0 aliphatic carbocycles. The van der Waals surface area contributed by atoms with Gasteiger partial charge in [-0.25, -0.2) is 0 Å². The highest BCUT2D eigenvalue weighted by Gasteiger charge is 2.39. The molecular weight excluding hydrogens is 266 g/mol. The quantitative estimate of drug-likeness (QED) is 0.707. The van der Waals surface area contributed by atoms with Gasteiger partial charge in [-0.3, -0.25) is 4.79 Å². The van der Waals surface area contributed by atoms with Crippen molar-refractivity contribution in [1.82, 2.24) is 10.2 Å². The molecule has 1 atom stereocenters. The fourth-order valence-electron chi connectivity index (χ4n) is 3.27. The van der Waals surface area contributed by atoms with Gasteiger partial charge in [-0.05, 0) is 32.9 Å². The Kier molecular flexibility index (Phi) is 7.63. The summed E-state index contributed by atoms with van der Waals surface area (Å²) in [4.78, 5) is 14.8. The van der Waals surface area contributed by atoms with E-state index in [1.165, 1.54) is 0 Å². The van der Waals surface area contributed by atoms with E-state index in [9.17, 15) is 4.79 Å². The highest BCUT2D eigenvalue weighted by Crippen LogP contribution is 2.29. The van der Waals surface area contributed by atoms with Crippen LogP contribution in [0, 0.1) is 11.3 Å². The van der Waals surface area contributed by atoms with Gasteiger partial charge in [0.25, 0.3) is 0 Å². The van der Waals surface area contributed by atoms with Gasteiger partial charge in [0.05, 0.1) is 5.41 Å². The number of nitrogens with two attached hydrogens (primary N) is 1. The van der Waals surface area contributed by atoms with Crippen molar-refractivity contribution >= 4 is 5.91 Å². The topological polar surface area (TPSA) is 67.6 Å². The Morgan fingerprint density at radius 1 is 1.29 bits per heavy atom. The zero-order chi connectivity index (χ0) is 15.9. The summed E-state index contributed by atoms with van der Waals surface area (Å²) in [5, 5.41) is 3.16. The summed E-state index contributed by atoms with van der Waals surface area (Å²) in [6, 6.07) is 0.374. The van der Waals surface area contributed by atoms with Crippen molar-refractivity contribution < 1.29 is 9.53 Å². The molecule has 1 heterocycles. The first-order chi connectivity index (χ1) is 10.0. The van der Waals surface area contributed by atoms with E-state index in [0.717, 1.165) is 25.7 Å². The van der Waals surface area contributed by atoms with E-state index in [2.05, 4.69) is 38.2 Å². The maximum Gasteiger partial charge on any atom is 0.227 e. The molecule has 1 unspecified atom stereocenters. The molecular formula is C16H33N3O2. The predicted octanol–water partition coefficient (Wildman–Crippen LogP) is 1.22. The van der Waals surface area contributed by atoms with Crippen LogP contribution < -0.4 is 11.1 Å². The van der Waals surface area contributed by atoms with Crippen LogP contribution in [0.3, 0.4) is 0 Å². The van der Waals surface area contributed by atoms with E-state index in [-0.39, 0.29) is 5.91 Å². The molecule has 124 valence electrons. The first-order valence-electron chi connectivity index (χ1n) is 8.23. The van der Waals surface area contributed by atoms with Gasteiger partial charge in [-0.15, -0.1) is 0 Å². The number of hydrogen-bond acceptors (Lipinski definition) is 4. The molecule has 1 aliphatic rings. The number of hydrogen-bond donors (Lipinski definition) is 2. The fourth-order valence-corrected chi connectivity index (χ4v) is 3.27. The number of likely N-dealkylation sites (N-methyl/N-ethyl adjacent to an activating group) is 1. The average molecular weight is 299 g/mol. The number of nitrogens with one attached hydrogen (secondary N) is 1. The highest BCUT2D eigenvalue weighted by molar-refractivity contribution is 5.83. The molecule has 5 heteroatoms. The van der Waals surface area contributed by atoms with Crippen molar-refractivity contribution in [2.75, 3.05) is 40.4 Å². The first kappa shape index (κ1) is 18.4. The first-order valence-corrected chi connectivity index (χ1v) is 8.23. The molecule has 0 aromatic carbocycles. The van der Waals surface area contributed by atoms with Crippen LogP contribution in [0.2, 0.25) is 0 Å². The van der Waals surface area contributed by atoms with Gasteiger partial charge in [-0.1, -0.05) is 26.7 Å². The number of carbonyl (C=O) groups is 1. The zero-order valence-electron chi connectivity index (χ0n) is 14.2. The van der Waals surface area contributed by atoms with Crippen LogP contribution in [0.25, 0.3) is 0 Å². The SMILES string of the molecule is CCC(CC)C(CNC(=O)C1(CN)CCOCC1)N(C)C.